The summed E-state index contributed by atoms with van der Waals surface area (Å²) >= 11 is 0. The lowest BCUT2D eigenvalue weighted by molar-refractivity contribution is 0.0833. The highest BCUT2D eigenvalue weighted by Gasteiger charge is 2.29. The van der Waals surface area contributed by atoms with E-state index < -0.39 is 10.0 Å². The normalized spacial score (nSPS) is 17.1. The molecule has 0 atom stereocenters. The van der Waals surface area contributed by atoms with Crippen molar-refractivity contribution in [2.24, 2.45) is 0 Å². The molecule has 2 aromatic rings. The van der Waals surface area contributed by atoms with Gasteiger partial charge < -0.3 is 14.4 Å². The Morgan fingerprint density at radius 1 is 0.938 bits per heavy atom. The molecule has 7 nitrogen and oxygen atoms in total. The van der Waals surface area contributed by atoms with Crippen molar-refractivity contribution in [2.45, 2.75) is 30.6 Å². The molecule has 2 aliphatic heterocycles. The summed E-state index contributed by atoms with van der Waals surface area (Å²) in [6.07, 6.45) is 3.47. The van der Waals surface area contributed by atoms with Gasteiger partial charge in [-0.1, -0.05) is 13.0 Å². The highest BCUT2D eigenvalue weighted by Crippen LogP contribution is 2.37. The molecule has 0 N–H and O–H groups in total. The van der Waals surface area contributed by atoms with E-state index in [-0.39, 0.29) is 10.8 Å². The average molecular weight is 457 g/mol. The average Bonchev–Trinajstić information content (AvgIpc) is 2.83. The van der Waals surface area contributed by atoms with Gasteiger partial charge in [-0.25, -0.2) is 8.42 Å². The van der Waals surface area contributed by atoms with Gasteiger partial charge in [0.25, 0.3) is 5.91 Å². The van der Waals surface area contributed by atoms with Crippen LogP contribution in [0.3, 0.4) is 0 Å². The van der Waals surface area contributed by atoms with E-state index in [0.717, 1.165) is 30.4 Å². The smallest absolute Gasteiger partial charge is 0.258 e. The topological polar surface area (TPSA) is 76.1 Å². The molecule has 0 unspecified atom stereocenters. The van der Waals surface area contributed by atoms with Crippen LogP contribution in [0.2, 0.25) is 0 Å². The van der Waals surface area contributed by atoms with E-state index in [4.69, 9.17) is 9.47 Å². The summed E-state index contributed by atoms with van der Waals surface area (Å²) in [6, 6.07) is 9.95. The molecule has 0 aliphatic carbocycles. The SMILES string of the molecule is C=C1c2cc(OC)c(OC)cc2CCN1C(=O)c1ccc(S(=O)(=O)N2CCCCC2)cc1. The molecule has 1 fully saturated rings. The lowest BCUT2D eigenvalue weighted by Crippen LogP contribution is -2.36. The predicted octanol–water partition coefficient (Wildman–Crippen LogP) is 3.55. The summed E-state index contributed by atoms with van der Waals surface area (Å²) in [7, 11) is -0.371. The fourth-order valence-electron chi connectivity index (χ4n) is 4.31. The quantitative estimate of drug-likeness (QED) is 0.688. The monoisotopic (exact) mass is 456 g/mol. The van der Waals surface area contributed by atoms with Gasteiger partial charge in [-0.3, -0.25) is 4.79 Å². The van der Waals surface area contributed by atoms with E-state index >= 15 is 0 Å². The zero-order valence-electron chi connectivity index (χ0n) is 18.5. The summed E-state index contributed by atoms with van der Waals surface area (Å²) in [5, 5.41) is 0. The van der Waals surface area contributed by atoms with Crippen LogP contribution in [-0.4, -0.2) is 57.4 Å². The van der Waals surface area contributed by atoms with Gasteiger partial charge in [-0.05, 0) is 61.2 Å². The third kappa shape index (κ3) is 4.00. The zero-order valence-corrected chi connectivity index (χ0v) is 19.3. The van der Waals surface area contributed by atoms with Crippen LogP contribution in [0, 0.1) is 0 Å². The summed E-state index contributed by atoms with van der Waals surface area (Å²) in [6.45, 7) is 5.71. The molecule has 0 bridgehead atoms. The number of sulfonamides is 1. The highest BCUT2D eigenvalue weighted by atomic mass is 32.2. The van der Waals surface area contributed by atoms with Gasteiger partial charge in [-0.15, -0.1) is 0 Å². The Labute approximate surface area is 189 Å². The van der Waals surface area contributed by atoms with Gasteiger partial charge in [0.2, 0.25) is 10.0 Å². The van der Waals surface area contributed by atoms with Crippen LogP contribution in [0.1, 0.15) is 40.7 Å². The molecule has 2 aromatic carbocycles. The number of piperidine rings is 1. The van der Waals surface area contributed by atoms with Crippen LogP contribution >= 0.6 is 0 Å². The van der Waals surface area contributed by atoms with Gasteiger partial charge >= 0.3 is 0 Å². The van der Waals surface area contributed by atoms with Crippen molar-refractivity contribution in [3.63, 3.8) is 0 Å². The van der Waals surface area contributed by atoms with Crippen molar-refractivity contribution in [3.05, 3.63) is 59.7 Å². The molecule has 1 amide bonds. The standard InChI is InChI=1S/C24H28N2O5S/c1-17-21-16-23(31-3)22(30-2)15-19(21)11-14-26(17)24(27)18-7-9-20(10-8-18)32(28,29)25-12-5-4-6-13-25/h7-10,15-16H,1,4-6,11-14H2,2-3H3. The first-order valence-corrected chi connectivity index (χ1v) is 12.2. The lowest BCUT2D eigenvalue weighted by atomic mass is 9.95. The molecule has 0 radical (unpaired) electrons. The minimum Gasteiger partial charge on any atom is -0.493 e. The molecule has 2 aliphatic rings. The number of hydrogen-bond acceptors (Lipinski definition) is 5. The first kappa shape index (κ1) is 22.4. The number of amides is 1. The predicted molar refractivity (Wildman–Crippen MR) is 122 cm³/mol. The Balaban J connectivity index is 1.56. The summed E-state index contributed by atoms with van der Waals surface area (Å²) in [5.41, 5.74) is 2.89. The molecule has 1 saturated heterocycles. The summed E-state index contributed by atoms with van der Waals surface area (Å²) in [4.78, 5) is 15.1. The Morgan fingerprint density at radius 2 is 1.56 bits per heavy atom. The molecule has 32 heavy (non-hydrogen) atoms. The van der Waals surface area contributed by atoms with E-state index in [1.165, 1.54) is 16.4 Å². The van der Waals surface area contributed by atoms with E-state index in [9.17, 15) is 13.2 Å². The summed E-state index contributed by atoms with van der Waals surface area (Å²) < 4.78 is 38.0. The highest BCUT2D eigenvalue weighted by molar-refractivity contribution is 7.89. The van der Waals surface area contributed by atoms with E-state index in [2.05, 4.69) is 6.58 Å². The fourth-order valence-corrected chi connectivity index (χ4v) is 5.83. The van der Waals surface area contributed by atoms with Crippen molar-refractivity contribution in [2.75, 3.05) is 33.9 Å². The number of methoxy groups -OCH3 is 2. The largest absolute Gasteiger partial charge is 0.493 e. The Kier molecular flexibility index (Phi) is 6.26. The van der Waals surface area contributed by atoms with Crippen LogP contribution in [0.4, 0.5) is 0 Å². The third-order valence-electron chi connectivity index (χ3n) is 6.15. The Morgan fingerprint density at radius 3 is 2.19 bits per heavy atom. The van der Waals surface area contributed by atoms with Crippen molar-refractivity contribution in [1.82, 2.24) is 9.21 Å². The maximum Gasteiger partial charge on any atom is 0.258 e. The fraction of sp³-hybridized carbons (Fsp3) is 0.375. The molecule has 0 aromatic heterocycles. The lowest BCUT2D eigenvalue weighted by Gasteiger charge is -2.31. The van der Waals surface area contributed by atoms with Crippen LogP contribution in [0.25, 0.3) is 5.70 Å². The number of carbonyl (C=O) groups is 1. The summed E-state index contributed by atoms with van der Waals surface area (Å²) in [5.74, 6) is 1.01. The van der Waals surface area contributed by atoms with Crippen LogP contribution in [-0.2, 0) is 16.4 Å². The number of carbonyl (C=O) groups excluding carboxylic acids is 1. The van der Waals surface area contributed by atoms with Gasteiger partial charge in [0.15, 0.2) is 11.5 Å². The third-order valence-corrected chi connectivity index (χ3v) is 8.06. The molecule has 8 heteroatoms. The van der Waals surface area contributed by atoms with Gasteiger partial charge in [0.1, 0.15) is 0 Å². The Hall–Kier alpha value is -2.84. The van der Waals surface area contributed by atoms with Gasteiger partial charge in [-0.2, -0.15) is 4.31 Å². The van der Waals surface area contributed by atoms with E-state index in [0.29, 0.717) is 48.8 Å². The maximum atomic E-state index is 13.2. The van der Waals surface area contributed by atoms with Crippen LogP contribution in [0.5, 0.6) is 11.5 Å². The molecule has 0 saturated carbocycles. The molecular formula is C24H28N2O5S. The minimum absolute atomic E-state index is 0.211. The number of nitrogens with zero attached hydrogens (tertiary/aromatic N) is 2. The number of ether oxygens (including phenoxy) is 2. The number of fused-ring (bicyclic) bond motifs is 1. The Bertz CT molecular complexity index is 1140. The second-order valence-electron chi connectivity index (χ2n) is 8.01. The second-order valence-corrected chi connectivity index (χ2v) is 9.94. The van der Waals surface area contributed by atoms with E-state index in [1.807, 2.05) is 12.1 Å². The molecule has 2 heterocycles. The first-order chi connectivity index (χ1) is 15.4. The second kappa shape index (κ2) is 8.96. The number of hydrogen-bond donors (Lipinski definition) is 0. The maximum absolute atomic E-state index is 13.2. The zero-order chi connectivity index (χ0) is 22.9. The van der Waals surface area contributed by atoms with Crippen molar-refractivity contribution in [3.8, 4) is 11.5 Å². The van der Waals surface area contributed by atoms with Gasteiger partial charge in [0, 0.05) is 36.5 Å². The van der Waals surface area contributed by atoms with E-state index in [1.54, 1.807) is 31.3 Å². The molecule has 170 valence electrons. The minimum atomic E-state index is -3.53. The molecular weight excluding hydrogens is 428 g/mol. The number of rotatable bonds is 5. The van der Waals surface area contributed by atoms with Crippen LogP contribution < -0.4 is 9.47 Å². The van der Waals surface area contributed by atoms with Crippen molar-refractivity contribution in [1.29, 1.82) is 0 Å². The van der Waals surface area contributed by atoms with Crippen molar-refractivity contribution >= 4 is 21.6 Å². The molecule has 0 spiro atoms. The molecule has 4 rings (SSSR count). The first-order valence-electron chi connectivity index (χ1n) is 10.7. The van der Waals surface area contributed by atoms with Crippen LogP contribution in [0.15, 0.2) is 47.9 Å². The van der Waals surface area contributed by atoms with Gasteiger partial charge in [0.05, 0.1) is 19.1 Å². The van der Waals surface area contributed by atoms with Crippen molar-refractivity contribution < 1.29 is 22.7 Å². The number of benzene rings is 2.